The summed E-state index contributed by atoms with van der Waals surface area (Å²) in [5, 5.41) is 4.97. The summed E-state index contributed by atoms with van der Waals surface area (Å²) in [6.07, 6.45) is 3.03. The van der Waals surface area contributed by atoms with Gasteiger partial charge in [-0.2, -0.15) is 5.10 Å². The fourth-order valence-corrected chi connectivity index (χ4v) is 2.32. The third-order valence-corrected chi connectivity index (χ3v) is 3.71. The molecule has 5 heteroatoms. The van der Waals surface area contributed by atoms with Crippen LogP contribution in [0.15, 0.2) is 36.5 Å². The number of aromatic nitrogens is 2. The molecule has 0 spiro atoms. The molecule has 0 bridgehead atoms. The maximum Gasteiger partial charge on any atom is 0.222 e. The maximum atomic E-state index is 12.2. The van der Waals surface area contributed by atoms with Crippen LogP contribution in [-0.2, 0) is 24.3 Å². The van der Waals surface area contributed by atoms with E-state index in [0.29, 0.717) is 18.0 Å². The van der Waals surface area contributed by atoms with Crippen molar-refractivity contribution in [3.05, 3.63) is 52.8 Å². The Balaban J connectivity index is 1.88. The van der Waals surface area contributed by atoms with Crippen molar-refractivity contribution in [2.75, 3.05) is 7.05 Å². The molecule has 1 amide bonds. The van der Waals surface area contributed by atoms with Gasteiger partial charge in [0.2, 0.25) is 5.91 Å². The van der Waals surface area contributed by atoms with Crippen molar-refractivity contribution in [3.63, 3.8) is 0 Å². The first-order chi connectivity index (χ1) is 10.1. The van der Waals surface area contributed by atoms with Crippen LogP contribution < -0.4 is 0 Å². The van der Waals surface area contributed by atoms with E-state index < -0.39 is 0 Å². The fourth-order valence-electron chi connectivity index (χ4n) is 2.11. The smallest absolute Gasteiger partial charge is 0.222 e. The molecule has 4 nitrogen and oxygen atoms in total. The van der Waals surface area contributed by atoms with Gasteiger partial charge < -0.3 is 4.90 Å². The Morgan fingerprint density at radius 1 is 1.33 bits per heavy atom. The van der Waals surface area contributed by atoms with E-state index in [1.54, 1.807) is 22.8 Å². The zero-order valence-corrected chi connectivity index (χ0v) is 13.2. The third-order valence-electron chi connectivity index (χ3n) is 3.39. The van der Waals surface area contributed by atoms with E-state index in [-0.39, 0.29) is 5.91 Å². The molecule has 0 radical (unpaired) electrons. The van der Waals surface area contributed by atoms with Gasteiger partial charge in [0.25, 0.3) is 0 Å². The Morgan fingerprint density at radius 2 is 2.05 bits per heavy atom. The van der Waals surface area contributed by atoms with Gasteiger partial charge in [-0.25, -0.2) is 0 Å². The van der Waals surface area contributed by atoms with Gasteiger partial charge in [-0.05, 0) is 18.9 Å². The molecule has 21 heavy (non-hydrogen) atoms. The van der Waals surface area contributed by atoms with Crippen LogP contribution in [0.2, 0.25) is 5.02 Å². The van der Waals surface area contributed by atoms with Gasteiger partial charge in [0.1, 0.15) is 5.69 Å². The van der Waals surface area contributed by atoms with Crippen molar-refractivity contribution in [2.24, 2.45) is 0 Å². The summed E-state index contributed by atoms with van der Waals surface area (Å²) in [5.74, 6) is 0.0981. The molecule has 0 aliphatic carbocycles. The van der Waals surface area contributed by atoms with Gasteiger partial charge >= 0.3 is 0 Å². The summed E-state index contributed by atoms with van der Waals surface area (Å²) in [6, 6.07) is 10.0. The lowest BCUT2D eigenvalue weighted by molar-refractivity contribution is -0.130. The highest BCUT2D eigenvalue weighted by atomic mass is 35.5. The second-order valence-electron chi connectivity index (χ2n) is 5.01. The Kier molecular flexibility index (Phi) is 5.39. The summed E-state index contributed by atoms with van der Waals surface area (Å²) in [4.78, 5) is 13.8. The molecular weight excluding hydrogens is 286 g/mol. The Morgan fingerprint density at radius 3 is 2.67 bits per heavy atom. The molecule has 0 aliphatic heterocycles. The normalized spacial score (nSPS) is 10.6. The fraction of sp³-hybridized carbons (Fsp3) is 0.375. The van der Waals surface area contributed by atoms with Gasteiger partial charge in [0.05, 0.1) is 11.6 Å². The summed E-state index contributed by atoms with van der Waals surface area (Å²) >= 11 is 6.12. The van der Waals surface area contributed by atoms with E-state index in [1.165, 1.54) is 5.56 Å². The van der Waals surface area contributed by atoms with E-state index in [4.69, 9.17) is 11.6 Å². The first-order valence-corrected chi connectivity index (χ1v) is 7.47. The summed E-state index contributed by atoms with van der Waals surface area (Å²) in [6.45, 7) is 3.21. The third kappa shape index (κ3) is 4.33. The number of halogens is 1. The minimum absolute atomic E-state index is 0.0981. The second kappa shape index (κ2) is 7.27. The number of amides is 1. The second-order valence-corrected chi connectivity index (χ2v) is 5.42. The van der Waals surface area contributed by atoms with Crippen LogP contribution in [-0.4, -0.2) is 27.6 Å². The number of benzene rings is 1. The van der Waals surface area contributed by atoms with Crippen molar-refractivity contribution in [2.45, 2.75) is 32.9 Å². The molecule has 0 atom stereocenters. The molecule has 1 aromatic carbocycles. The molecule has 0 saturated carbocycles. The largest absolute Gasteiger partial charge is 0.340 e. The molecule has 0 aliphatic rings. The quantitative estimate of drug-likeness (QED) is 0.822. The van der Waals surface area contributed by atoms with Crippen LogP contribution in [0.3, 0.4) is 0 Å². The van der Waals surface area contributed by atoms with Crippen LogP contribution in [0, 0.1) is 0 Å². The van der Waals surface area contributed by atoms with Crippen LogP contribution in [0.4, 0.5) is 0 Å². The molecule has 2 aromatic rings. The van der Waals surface area contributed by atoms with E-state index in [9.17, 15) is 4.79 Å². The Labute approximate surface area is 130 Å². The number of hydrogen-bond acceptors (Lipinski definition) is 2. The minimum atomic E-state index is 0.0981. The number of rotatable bonds is 6. The summed E-state index contributed by atoms with van der Waals surface area (Å²) < 4.78 is 1.78. The molecule has 0 N–H and O–H groups in total. The van der Waals surface area contributed by atoms with Gasteiger partial charge in [0, 0.05) is 26.2 Å². The zero-order valence-electron chi connectivity index (χ0n) is 12.4. The van der Waals surface area contributed by atoms with Crippen LogP contribution in [0.5, 0.6) is 0 Å². The van der Waals surface area contributed by atoms with E-state index in [2.05, 4.69) is 5.10 Å². The van der Waals surface area contributed by atoms with Crippen LogP contribution >= 0.6 is 11.6 Å². The van der Waals surface area contributed by atoms with Crippen molar-refractivity contribution < 1.29 is 4.79 Å². The highest BCUT2D eigenvalue weighted by molar-refractivity contribution is 6.31. The first kappa shape index (κ1) is 15.6. The predicted octanol–water partition coefficient (Wildman–Crippen LogP) is 3.15. The van der Waals surface area contributed by atoms with Gasteiger partial charge in [0.15, 0.2) is 0 Å². The zero-order chi connectivity index (χ0) is 15.2. The molecule has 0 fully saturated rings. The lowest BCUT2D eigenvalue weighted by Crippen LogP contribution is -2.26. The average molecular weight is 306 g/mol. The standard InChI is InChI=1S/C16H20ClN3O/c1-3-20-11-14(17)15(18-20)12-19(2)16(21)10-9-13-7-5-4-6-8-13/h4-8,11H,3,9-10,12H2,1-2H3. The van der Waals surface area contributed by atoms with Gasteiger partial charge in [-0.3, -0.25) is 9.48 Å². The molecule has 0 saturated heterocycles. The topological polar surface area (TPSA) is 38.1 Å². The van der Waals surface area contributed by atoms with Crippen molar-refractivity contribution in [3.8, 4) is 0 Å². The maximum absolute atomic E-state index is 12.2. The van der Waals surface area contributed by atoms with E-state index in [1.807, 2.05) is 37.3 Å². The number of hydrogen-bond donors (Lipinski definition) is 0. The Bertz CT molecular complexity index is 595. The molecule has 0 unspecified atom stereocenters. The van der Waals surface area contributed by atoms with Crippen LogP contribution in [0.25, 0.3) is 0 Å². The lowest BCUT2D eigenvalue weighted by Gasteiger charge is -2.16. The van der Waals surface area contributed by atoms with Crippen molar-refractivity contribution in [1.82, 2.24) is 14.7 Å². The Hall–Kier alpha value is -1.81. The van der Waals surface area contributed by atoms with Crippen molar-refractivity contribution >= 4 is 17.5 Å². The highest BCUT2D eigenvalue weighted by Crippen LogP contribution is 2.16. The summed E-state index contributed by atoms with van der Waals surface area (Å²) in [7, 11) is 1.79. The van der Waals surface area contributed by atoms with E-state index in [0.717, 1.165) is 18.7 Å². The number of carbonyl (C=O) groups is 1. The summed E-state index contributed by atoms with van der Waals surface area (Å²) in [5.41, 5.74) is 1.92. The number of aryl methyl sites for hydroxylation is 2. The molecule has 1 heterocycles. The number of nitrogens with zero attached hydrogens (tertiary/aromatic N) is 3. The molecular formula is C16H20ClN3O. The molecule has 112 valence electrons. The predicted molar refractivity (Wildman–Crippen MR) is 84.1 cm³/mol. The van der Waals surface area contributed by atoms with Gasteiger partial charge in [-0.1, -0.05) is 41.9 Å². The highest BCUT2D eigenvalue weighted by Gasteiger charge is 2.13. The van der Waals surface area contributed by atoms with Gasteiger partial charge in [-0.15, -0.1) is 0 Å². The van der Waals surface area contributed by atoms with Crippen molar-refractivity contribution in [1.29, 1.82) is 0 Å². The van der Waals surface area contributed by atoms with Crippen LogP contribution in [0.1, 0.15) is 24.6 Å². The minimum Gasteiger partial charge on any atom is -0.340 e. The number of carbonyl (C=O) groups excluding carboxylic acids is 1. The average Bonchev–Trinajstić information content (AvgIpc) is 2.86. The van der Waals surface area contributed by atoms with E-state index >= 15 is 0 Å². The molecule has 1 aromatic heterocycles. The lowest BCUT2D eigenvalue weighted by atomic mass is 10.1. The first-order valence-electron chi connectivity index (χ1n) is 7.10. The SMILES string of the molecule is CCn1cc(Cl)c(CN(C)C(=O)CCc2ccccc2)n1. The molecule has 2 rings (SSSR count). The monoisotopic (exact) mass is 305 g/mol.